The number of aryl methyl sites for hydroxylation is 3. The average Bonchev–Trinajstić information content (AvgIpc) is 3.03. The molecule has 0 N–H and O–H groups in total. The minimum Gasteiger partial charge on any atom is -0.238 e. The van der Waals surface area contributed by atoms with Crippen LogP contribution in [0, 0.1) is 20.8 Å². The van der Waals surface area contributed by atoms with Gasteiger partial charge < -0.3 is 0 Å². The molecule has 21 heavy (non-hydrogen) atoms. The Labute approximate surface area is 133 Å². The van der Waals surface area contributed by atoms with E-state index in [1.807, 2.05) is 18.5 Å². The minimum atomic E-state index is 0.949. The number of rotatable bonds is 4. The zero-order valence-corrected chi connectivity index (χ0v) is 14.0. The highest BCUT2D eigenvalue weighted by atomic mass is 32.2. The standard InChI is InChI=1S/C16H17N3S2/c1-11-8-13(3)19(18-11)15-6-4-14(5-7-15)10-21-16-17-12(2)9-20-16/h4-9H,10H2,1-3H3. The highest BCUT2D eigenvalue weighted by Gasteiger charge is 2.04. The number of thiazole rings is 1. The van der Waals surface area contributed by atoms with Gasteiger partial charge in [-0.15, -0.1) is 11.3 Å². The Morgan fingerprint density at radius 3 is 2.43 bits per heavy atom. The Morgan fingerprint density at radius 1 is 1.10 bits per heavy atom. The van der Waals surface area contributed by atoms with E-state index in [1.54, 1.807) is 23.1 Å². The molecule has 0 aliphatic rings. The lowest BCUT2D eigenvalue weighted by Gasteiger charge is -2.05. The summed E-state index contributed by atoms with van der Waals surface area (Å²) in [5.74, 6) is 0.949. The topological polar surface area (TPSA) is 30.7 Å². The minimum absolute atomic E-state index is 0.949. The summed E-state index contributed by atoms with van der Waals surface area (Å²) in [7, 11) is 0. The van der Waals surface area contributed by atoms with E-state index >= 15 is 0 Å². The van der Waals surface area contributed by atoms with Crippen molar-refractivity contribution in [1.29, 1.82) is 0 Å². The maximum absolute atomic E-state index is 4.51. The lowest BCUT2D eigenvalue weighted by Crippen LogP contribution is -1.98. The number of benzene rings is 1. The van der Waals surface area contributed by atoms with Crippen LogP contribution < -0.4 is 0 Å². The summed E-state index contributed by atoms with van der Waals surface area (Å²) in [4.78, 5) is 4.47. The molecular weight excluding hydrogens is 298 g/mol. The van der Waals surface area contributed by atoms with E-state index in [0.29, 0.717) is 0 Å². The zero-order valence-electron chi connectivity index (χ0n) is 12.3. The van der Waals surface area contributed by atoms with Crippen LogP contribution in [0.25, 0.3) is 5.69 Å². The maximum Gasteiger partial charge on any atom is 0.150 e. The summed E-state index contributed by atoms with van der Waals surface area (Å²) >= 11 is 3.50. The van der Waals surface area contributed by atoms with E-state index < -0.39 is 0 Å². The Balaban J connectivity index is 1.70. The fraction of sp³-hybridized carbons (Fsp3) is 0.250. The first-order chi connectivity index (χ1) is 10.1. The highest BCUT2D eigenvalue weighted by molar-refractivity contribution is 8.00. The van der Waals surface area contributed by atoms with Crippen molar-refractivity contribution in [3.05, 3.63) is 58.4 Å². The highest BCUT2D eigenvalue weighted by Crippen LogP contribution is 2.26. The largest absolute Gasteiger partial charge is 0.238 e. The third-order valence-electron chi connectivity index (χ3n) is 3.15. The third-order valence-corrected chi connectivity index (χ3v) is 5.36. The van der Waals surface area contributed by atoms with E-state index in [4.69, 9.17) is 0 Å². The molecule has 0 bridgehead atoms. The lowest BCUT2D eigenvalue weighted by molar-refractivity contribution is 0.833. The van der Waals surface area contributed by atoms with Gasteiger partial charge >= 0.3 is 0 Å². The summed E-state index contributed by atoms with van der Waals surface area (Å²) < 4.78 is 3.12. The van der Waals surface area contributed by atoms with Crippen LogP contribution >= 0.6 is 23.1 Å². The molecule has 0 radical (unpaired) electrons. The van der Waals surface area contributed by atoms with Gasteiger partial charge in [-0.1, -0.05) is 23.9 Å². The van der Waals surface area contributed by atoms with Crippen molar-refractivity contribution in [2.45, 2.75) is 30.9 Å². The summed E-state index contributed by atoms with van der Waals surface area (Å²) in [5, 5.41) is 6.60. The molecule has 108 valence electrons. The predicted octanol–water partition coefficient (Wildman–Crippen LogP) is 4.55. The predicted molar refractivity (Wildman–Crippen MR) is 89.5 cm³/mol. The Hall–Kier alpha value is -1.59. The number of nitrogens with zero attached hydrogens (tertiary/aromatic N) is 3. The van der Waals surface area contributed by atoms with Crippen molar-refractivity contribution in [2.75, 3.05) is 0 Å². The summed E-state index contributed by atoms with van der Waals surface area (Å²) in [6.07, 6.45) is 0. The van der Waals surface area contributed by atoms with Crippen molar-refractivity contribution in [1.82, 2.24) is 14.8 Å². The molecule has 0 unspecified atom stereocenters. The molecule has 0 aliphatic carbocycles. The molecule has 2 aromatic heterocycles. The van der Waals surface area contributed by atoms with Crippen LogP contribution in [0.4, 0.5) is 0 Å². The van der Waals surface area contributed by atoms with Crippen LogP contribution in [0.15, 0.2) is 40.1 Å². The normalized spacial score (nSPS) is 11.0. The molecule has 3 rings (SSSR count). The maximum atomic E-state index is 4.51. The van der Waals surface area contributed by atoms with Crippen molar-refractivity contribution in [3.8, 4) is 5.69 Å². The molecular formula is C16H17N3S2. The van der Waals surface area contributed by atoms with Gasteiger partial charge in [0.05, 0.1) is 11.4 Å². The van der Waals surface area contributed by atoms with Crippen LogP contribution in [0.1, 0.15) is 22.6 Å². The van der Waals surface area contributed by atoms with E-state index in [2.05, 4.69) is 52.7 Å². The van der Waals surface area contributed by atoms with Crippen LogP contribution in [-0.4, -0.2) is 14.8 Å². The van der Waals surface area contributed by atoms with E-state index in [1.165, 1.54) is 5.56 Å². The molecule has 1 aromatic carbocycles. The van der Waals surface area contributed by atoms with Crippen LogP contribution in [0.5, 0.6) is 0 Å². The van der Waals surface area contributed by atoms with Crippen molar-refractivity contribution in [2.24, 2.45) is 0 Å². The molecule has 3 nitrogen and oxygen atoms in total. The molecule has 2 heterocycles. The number of aromatic nitrogens is 3. The molecule has 0 amide bonds. The van der Waals surface area contributed by atoms with Crippen molar-refractivity contribution >= 4 is 23.1 Å². The number of hydrogen-bond acceptors (Lipinski definition) is 4. The van der Waals surface area contributed by atoms with Crippen LogP contribution in [0.2, 0.25) is 0 Å². The average molecular weight is 315 g/mol. The molecule has 5 heteroatoms. The second kappa shape index (κ2) is 6.03. The van der Waals surface area contributed by atoms with E-state index in [0.717, 1.165) is 32.9 Å². The van der Waals surface area contributed by atoms with Gasteiger partial charge in [-0.05, 0) is 44.5 Å². The van der Waals surface area contributed by atoms with Gasteiger partial charge in [-0.25, -0.2) is 9.67 Å². The van der Waals surface area contributed by atoms with Gasteiger partial charge in [0.2, 0.25) is 0 Å². The van der Waals surface area contributed by atoms with Crippen LogP contribution in [0.3, 0.4) is 0 Å². The van der Waals surface area contributed by atoms with Gasteiger partial charge in [0, 0.05) is 22.5 Å². The first kappa shape index (κ1) is 14.4. The summed E-state index contributed by atoms with van der Waals surface area (Å²) in [6, 6.07) is 10.7. The quantitative estimate of drug-likeness (QED) is 0.662. The molecule has 0 spiro atoms. The first-order valence-corrected chi connectivity index (χ1v) is 8.66. The Morgan fingerprint density at radius 2 is 1.86 bits per heavy atom. The third kappa shape index (κ3) is 3.36. The number of hydrogen-bond donors (Lipinski definition) is 0. The molecule has 0 saturated heterocycles. The smallest absolute Gasteiger partial charge is 0.150 e. The van der Waals surface area contributed by atoms with E-state index in [9.17, 15) is 0 Å². The lowest BCUT2D eigenvalue weighted by atomic mass is 10.2. The second-order valence-electron chi connectivity index (χ2n) is 5.05. The van der Waals surface area contributed by atoms with E-state index in [-0.39, 0.29) is 0 Å². The fourth-order valence-corrected chi connectivity index (χ4v) is 3.97. The SMILES string of the molecule is Cc1csc(SCc2ccc(-n3nc(C)cc3C)cc2)n1. The zero-order chi connectivity index (χ0) is 14.8. The van der Waals surface area contributed by atoms with Crippen LogP contribution in [-0.2, 0) is 5.75 Å². The Kier molecular flexibility index (Phi) is 4.12. The first-order valence-electron chi connectivity index (χ1n) is 6.79. The summed E-state index contributed by atoms with van der Waals surface area (Å²) in [6.45, 7) is 6.13. The second-order valence-corrected chi connectivity index (χ2v) is 7.13. The molecule has 0 atom stereocenters. The monoisotopic (exact) mass is 315 g/mol. The van der Waals surface area contributed by atoms with Gasteiger partial charge in [-0.2, -0.15) is 5.10 Å². The van der Waals surface area contributed by atoms with Crippen molar-refractivity contribution < 1.29 is 0 Å². The summed E-state index contributed by atoms with van der Waals surface area (Å²) in [5.41, 5.74) is 5.72. The van der Waals surface area contributed by atoms with Crippen molar-refractivity contribution in [3.63, 3.8) is 0 Å². The van der Waals surface area contributed by atoms with Gasteiger partial charge in [-0.3, -0.25) is 0 Å². The Bertz CT molecular complexity index is 741. The molecule has 0 fully saturated rings. The molecule has 0 saturated carbocycles. The molecule has 3 aromatic rings. The van der Waals surface area contributed by atoms with Gasteiger partial charge in [0.25, 0.3) is 0 Å². The number of thioether (sulfide) groups is 1. The molecule has 0 aliphatic heterocycles. The van der Waals surface area contributed by atoms with Gasteiger partial charge in [0.15, 0.2) is 0 Å². The fourth-order valence-electron chi connectivity index (χ4n) is 2.17. The van der Waals surface area contributed by atoms with Gasteiger partial charge in [0.1, 0.15) is 4.34 Å².